The van der Waals surface area contributed by atoms with Crippen molar-refractivity contribution in [2.45, 2.75) is 13.3 Å². The molecule has 1 heterocycles. The average Bonchev–Trinajstić information content (AvgIpc) is 2.76. The molecule has 31 heavy (non-hydrogen) atoms. The van der Waals surface area contributed by atoms with Crippen molar-refractivity contribution in [2.75, 3.05) is 19.0 Å². The van der Waals surface area contributed by atoms with Gasteiger partial charge in [0.2, 0.25) is 0 Å². The van der Waals surface area contributed by atoms with Gasteiger partial charge in [0.15, 0.2) is 0 Å². The lowest BCUT2D eigenvalue weighted by atomic mass is 9.97. The third kappa shape index (κ3) is 4.05. The second-order valence-electron chi connectivity index (χ2n) is 7.75. The lowest BCUT2D eigenvalue weighted by Gasteiger charge is -2.13. The van der Waals surface area contributed by atoms with Gasteiger partial charge in [-0.1, -0.05) is 36.4 Å². The molecule has 0 aliphatic rings. The Morgan fingerprint density at radius 3 is 2.35 bits per heavy atom. The summed E-state index contributed by atoms with van der Waals surface area (Å²) in [6, 6.07) is 20.3. The minimum absolute atomic E-state index is 0.00487. The molecule has 4 aromatic rings. The molecule has 156 valence electrons. The van der Waals surface area contributed by atoms with Crippen LogP contribution >= 0.6 is 0 Å². The Labute approximate surface area is 179 Å². The highest BCUT2D eigenvalue weighted by atomic mass is 16.6. The fourth-order valence-electron chi connectivity index (χ4n) is 3.71. The smallest absolute Gasteiger partial charge is 0.340 e. The molecule has 0 N–H and O–H groups in total. The highest BCUT2D eigenvalue weighted by Gasteiger charge is 2.14. The van der Waals surface area contributed by atoms with E-state index in [-0.39, 0.29) is 12.1 Å². The van der Waals surface area contributed by atoms with Gasteiger partial charge in [-0.3, -0.25) is 10.1 Å². The van der Waals surface area contributed by atoms with Gasteiger partial charge in [0.25, 0.3) is 5.69 Å². The van der Waals surface area contributed by atoms with Gasteiger partial charge >= 0.3 is 5.63 Å². The predicted octanol–water partition coefficient (Wildman–Crippen LogP) is 5.33. The highest BCUT2D eigenvalue weighted by molar-refractivity contribution is 5.86. The van der Waals surface area contributed by atoms with Crippen molar-refractivity contribution in [1.82, 2.24) is 0 Å². The first kappa shape index (κ1) is 20.3. The Morgan fingerprint density at radius 2 is 1.68 bits per heavy atom. The lowest BCUT2D eigenvalue weighted by Crippen LogP contribution is -2.11. The van der Waals surface area contributed by atoms with E-state index in [1.807, 2.05) is 68.4 Å². The van der Waals surface area contributed by atoms with Gasteiger partial charge in [0.05, 0.1) is 4.92 Å². The number of nitrogens with zero attached hydrogens (tertiary/aromatic N) is 2. The monoisotopic (exact) mass is 414 g/mol. The third-order valence-electron chi connectivity index (χ3n) is 5.51. The number of anilines is 1. The van der Waals surface area contributed by atoms with Crippen LogP contribution in [0.25, 0.3) is 22.1 Å². The molecule has 0 radical (unpaired) electrons. The summed E-state index contributed by atoms with van der Waals surface area (Å²) in [5, 5.41) is 11.9. The van der Waals surface area contributed by atoms with Gasteiger partial charge in [0, 0.05) is 49.3 Å². The first-order chi connectivity index (χ1) is 14.8. The van der Waals surface area contributed by atoms with Crippen molar-refractivity contribution in [3.05, 3.63) is 104 Å². The van der Waals surface area contributed by atoms with E-state index in [4.69, 9.17) is 4.42 Å². The fourth-order valence-corrected chi connectivity index (χ4v) is 3.71. The third-order valence-corrected chi connectivity index (χ3v) is 5.51. The van der Waals surface area contributed by atoms with Gasteiger partial charge in [-0.15, -0.1) is 0 Å². The van der Waals surface area contributed by atoms with Crippen LogP contribution in [0.2, 0.25) is 0 Å². The Kier molecular flexibility index (Phi) is 5.29. The van der Waals surface area contributed by atoms with Gasteiger partial charge in [0.1, 0.15) is 5.58 Å². The standard InChI is InChI=1S/C25H22N2O4/c1-16-22-12-9-19(18-7-10-20(11-8-18)26(2)3)15-24(22)31-25(28)23(16)14-17-5-4-6-21(13-17)27(29)30/h4-13,15H,14H2,1-3H3. The molecule has 6 nitrogen and oxygen atoms in total. The zero-order valence-corrected chi connectivity index (χ0v) is 17.6. The van der Waals surface area contributed by atoms with E-state index in [1.165, 1.54) is 12.1 Å². The van der Waals surface area contributed by atoms with E-state index in [2.05, 4.69) is 0 Å². The van der Waals surface area contributed by atoms with Crippen LogP contribution in [-0.2, 0) is 6.42 Å². The summed E-state index contributed by atoms with van der Waals surface area (Å²) < 4.78 is 5.65. The molecule has 0 saturated heterocycles. The second-order valence-corrected chi connectivity index (χ2v) is 7.75. The quantitative estimate of drug-likeness (QED) is 0.250. The number of nitro groups is 1. The maximum absolute atomic E-state index is 12.7. The van der Waals surface area contributed by atoms with Crippen LogP contribution in [0.3, 0.4) is 0 Å². The van der Waals surface area contributed by atoms with Crippen LogP contribution in [0.4, 0.5) is 11.4 Å². The Bertz CT molecular complexity index is 1340. The number of hydrogen-bond acceptors (Lipinski definition) is 5. The lowest BCUT2D eigenvalue weighted by molar-refractivity contribution is -0.384. The van der Waals surface area contributed by atoms with Crippen molar-refractivity contribution in [1.29, 1.82) is 0 Å². The molecule has 0 saturated carbocycles. The van der Waals surface area contributed by atoms with Gasteiger partial charge in [-0.2, -0.15) is 0 Å². The largest absolute Gasteiger partial charge is 0.422 e. The predicted molar refractivity (Wildman–Crippen MR) is 123 cm³/mol. The topological polar surface area (TPSA) is 76.6 Å². The molecule has 6 heteroatoms. The number of fused-ring (bicyclic) bond motifs is 1. The molecule has 0 amide bonds. The maximum atomic E-state index is 12.7. The molecule has 4 rings (SSSR count). The molecule has 1 aromatic heterocycles. The van der Waals surface area contributed by atoms with Crippen molar-refractivity contribution >= 4 is 22.3 Å². The Hall–Kier alpha value is -3.93. The average molecular weight is 414 g/mol. The fraction of sp³-hybridized carbons (Fsp3) is 0.160. The zero-order valence-electron chi connectivity index (χ0n) is 17.6. The number of nitro benzene ring substituents is 1. The molecule has 0 bridgehead atoms. The molecular weight excluding hydrogens is 392 g/mol. The molecule has 3 aromatic carbocycles. The number of rotatable bonds is 5. The van der Waals surface area contributed by atoms with Crippen molar-refractivity contribution in [3.63, 3.8) is 0 Å². The minimum atomic E-state index is -0.439. The summed E-state index contributed by atoms with van der Waals surface area (Å²) >= 11 is 0. The Morgan fingerprint density at radius 1 is 0.968 bits per heavy atom. The molecular formula is C25H22N2O4. The minimum Gasteiger partial charge on any atom is -0.422 e. The molecule has 0 aliphatic carbocycles. The molecule has 0 fully saturated rings. The van der Waals surface area contributed by atoms with E-state index in [1.54, 1.807) is 12.1 Å². The van der Waals surface area contributed by atoms with Gasteiger partial charge in [-0.05, 0) is 47.4 Å². The van der Waals surface area contributed by atoms with Crippen molar-refractivity contribution < 1.29 is 9.34 Å². The summed E-state index contributed by atoms with van der Waals surface area (Å²) in [4.78, 5) is 25.4. The van der Waals surface area contributed by atoms with Gasteiger partial charge < -0.3 is 9.32 Å². The summed E-state index contributed by atoms with van der Waals surface area (Å²) in [5.41, 5.74) is 5.25. The number of hydrogen-bond donors (Lipinski definition) is 0. The van der Waals surface area contributed by atoms with E-state index in [0.29, 0.717) is 16.7 Å². The van der Waals surface area contributed by atoms with Crippen LogP contribution < -0.4 is 10.5 Å². The molecule has 0 atom stereocenters. The van der Waals surface area contributed by atoms with Crippen molar-refractivity contribution in [2.24, 2.45) is 0 Å². The van der Waals surface area contributed by atoms with Crippen LogP contribution in [0.5, 0.6) is 0 Å². The highest BCUT2D eigenvalue weighted by Crippen LogP contribution is 2.28. The van der Waals surface area contributed by atoms with E-state index in [9.17, 15) is 14.9 Å². The van der Waals surface area contributed by atoms with E-state index in [0.717, 1.165) is 27.8 Å². The second kappa shape index (κ2) is 8.07. The molecule has 0 aliphatic heterocycles. The van der Waals surface area contributed by atoms with Crippen LogP contribution in [0, 0.1) is 17.0 Å². The van der Waals surface area contributed by atoms with E-state index < -0.39 is 10.5 Å². The first-order valence-electron chi connectivity index (χ1n) is 9.91. The number of benzene rings is 3. The van der Waals surface area contributed by atoms with Crippen LogP contribution in [0.15, 0.2) is 75.9 Å². The molecule has 0 spiro atoms. The maximum Gasteiger partial charge on any atom is 0.340 e. The normalized spacial score (nSPS) is 10.9. The Balaban J connectivity index is 1.72. The number of aryl methyl sites for hydroxylation is 1. The van der Waals surface area contributed by atoms with Crippen LogP contribution in [0.1, 0.15) is 16.7 Å². The molecule has 0 unspecified atom stereocenters. The summed E-state index contributed by atoms with van der Waals surface area (Å²) in [6.07, 6.45) is 0.277. The summed E-state index contributed by atoms with van der Waals surface area (Å²) in [5.74, 6) is 0. The SMILES string of the molecule is Cc1c(Cc2cccc([N+](=O)[O-])c2)c(=O)oc2cc(-c3ccc(N(C)C)cc3)ccc12. The van der Waals surface area contributed by atoms with Crippen molar-refractivity contribution in [3.8, 4) is 11.1 Å². The number of non-ortho nitro benzene ring substituents is 1. The summed E-state index contributed by atoms with van der Waals surface area (Å²) in [6.45, 7) is 1.89. The zero-order chi connectivity index (χ0) is 22.1. The van der Waals surface area contributed by atoms with Crippen LogP contribution in [-0.4, -0.2) is 19.0 Å². The first-order valence-corrected chi connectivity index (χ1v) is 9.91. The van der Waals surface area contributed by atoms with Gasteiger partial charge in [-0.25, -0.2) is 4.79 Å². The summed E-state index contributed by atoms with van der Waals surface area (Å²) in [7, 11) is 3.99. The van der Waals surface area contributed by atoms with E-state index >= 15 is 0 Å².